The van der Waals surface area contributed by atoms with Gasteiger partial charge in [-0.05, 0) is 18.2 Å². The van der Waals surface area contributed by atoms with E-state index in [2.05, 4.69) is 4.98 Å². The molecule has 0 aromatic carbocycles. The highest BCUT2D eigenvalue weighted by molar-refractivity contribution is 5.93. The van der Waals surface area contributed by atoms with Crippen molar-refractivity contribution in [2.45, 2.75) is 12.7 Å². The zero-order chi connectivity index (χ0) is 15.5. The van der Waals surface area contributed by atoms with Crippen LogP contribution in [0.1, 0.15) is 16.1 Å². The van der Waals surface area contributed by atoms with E-state index in [4.69, 9.17) is 4.42 Å². The Kier molecular flexibility index (Phi) is 4.15. The Morgan fingerprint density at radius 3 is 2.57 bits per heavy atom. The van der Waals surface area contributed by atoms with Crippen LogP contribution in [0.15, 0.2) is 45.9 Å². The number of H-pyrrole nitrogens is 1. The largest absolute Gasteiger partial charge is 0.467 e. The van der Waals surface area contributed by atoms with Gasteiger partial charge in [0, 0.05) is 12.3 Å². The quantitative estimate of drug-likeness (QED) is 0.941. The van der Waals surface area contributed by atoms with Crippen molar-refractivity contribution in [2.24, 2.45) is 0 Å². The van der Waals surface area contributed by atoms with Crippen molar-refractivity contribution in [3.8, 4) is 0 Å². The number of carbonyl (C=O) groups excluding carboxylic acids is 1. The molecule has 0 radical (unpaired) electrons. The third-order valence-electron chi connectivity index (χ3n) is 2.62. The van der Waals surface area contributed by atoms with Crippen molar-refractivity contribution in [3.63, 3.8) is 0 Å². The normalized spacial score (nSPS) is 11.4. The summed E-state index contributed by atoms with van der Waals surface area (Å²) in [5, 5.41) is 0. The molecular formula is C13H11F3N2O3. The highest BCUT2D eigenvalue weighted by Gasteiger charge is 2.33. The Labute approximate surface area is 117 Å². The fourth-order valence-corrected chi connectivity index (χ4v) is 1.73. The molecule has 2 heterocycles. The molecule has 0 fully saturated rings. The maximum atomic E-state index is 12.6. The first-order chi connectivity index (χ1) is 9.85. The first-order valence-electron chi connectivity index (χ1n) is 5.92. The molecule has 5 nitrogen and oxygen atoms in total. The summed E-state index contributed by atoms with van der Waals surface area (Å²) in [6, 6.07) is 5.24. The summed E-state index contributed by atoms with van der Waals surface area (Å²) >= 11 is 0. The van der Waals surface area contributed by atoms with Crippen molar-refractivity contribution >= 4 is 5.91 Å². The lowest BCUT2D eigenvalue weighted by Gasteiger charge is -2.23. The van der Waals surface area contributed by atoms with Gasteiger partial charge in [0.25, 0.3) is 5.91 Å². The second-order valence-corrected chi connectivity index (χ2v) is 4.30. The molecule has 0 unspecified atom stereocenters. The van der Waals surface area contributed by atoms with E-state index in [0.717, 1.165) is 12.3 Å². The smallest absolute Gasteiger partial charge is 0.406 e. The molecule has 0 saturated carbocycles. The van der Waals surface area contributed by atoms with Crippen LogP contribution in [0, 0.1) is 0 Å². The van der Waals surface area contributed by atoms with E-state index in [0.29, 0.717) is 4.90 Å². The lowest BCUT2D eigenvalue weighted by Crippen LogP contribution is -2.38. The molecule has 21 heavy (non-hydrogen) atoms. The minimum atomic E-state index is -4.54. The number of aromatic amines is 1. The Hall–Kier alpha value is -2.51. The average Bonchev–Trinajstić information content (AvgIpc) is 2.89. The molecule has 0 aliphatic carbocycles. The lowest BCUT2D eigenvalue weighted by atomic mass is 10.2. The molecular weight excluding hydrogens is 289 g/mol. The number of hydrogen-bond acceptors (Lipinski definition) is 3. The Balaban J connectivity index is 2.23. The SMILES string of the molecule is O=C(c1ccc(=O)[nH]c1)N(Cc1ccco1)CC(F)(F)F. The van der Waals surface area contributed by atoms with E-state index < -0.39 is 24.2 Å². The lowest BCUT2D eigenvalue weighted by molar-refractivity contribution is -0.142. The summed E-state index contributed by atoms with van der Waals surface area (Å²) in [5.74, 6) is -0.614. The van der Waals surface area contributed by atoms with Crippen LogP contribution in [0.2, 0.25) is 0 Å². The standard InChI is InChI=1S/C13H11F3N2O3/c14-13(15,16)8-18(7-10-2-1-5-21-10)12(20)9-3-4-11(19)17-6-9/h1-6H,7-8H2,(H,17,19). The summed E-state index contributed by atoms with van der Waals surface area (Å²) in [6.07, 6.45) is -2.15. The van der Waals surface area contributed by atoms with Crippen LogP contribution in [0.4, 0.5) is 13.2 Å². The van der Waals surface area contributed by atoms with Crippen molar-refractivity contribution < 1.29 is 22.4 Å². The number of pyridine rings is 1. The number of nitrogens with one attached hydrogen (secondary N) is 1. The van der Waals surface area contributed by atoms with E-state index in [1.807, 2.05) is 0 Å². The molecule has 1 N–H and O–H groups in total. The first kappa shape index (κ1) is 14.9. The van der Waals surface area contributed by atoms with Crippen molar-refractivity contribution in [1.82, 2.24) is 9.88 Å². The van der Waals surface area contributed by atoms with Gasteiger partial charge in [0.15, 0.2) is 0 Å². The van der Waals surface area contributed by atoms with Crippen LogP contribution in [-0.4, -0.2) is 28.5 Å². The van der Waals surface area contributed by atoms with Gasteiger partial charge in [-0.3, -0.25) is 9.59 Å². The summed E-state index contributed by atoms with van der Waals surface area (Å²) in [4.78, 5) is 25.9. The van der Waals surface area contributed by atoms with Gasteiger partial charge in [-0.1, -0.05) is 0 Å². The molecule has 0 bridgehead atoms. The highest BCUT2D eigenvalue weighted by atomic mass is 19.4. The van der Waals surface area contributed by atoms with Gasteiger partial charge in [0.05, 0.1) is 18.4 Å². The molecule has 0 spiro atoms. The molecule has 0 aliphatic heterocycles. The Bertz CT molecular complexity index is 642. The van der Waals surface area contributed by atoms with Gasteiger partial charge in [-0.15, -0.1) is 0 Å². The number of furan rings is 1. The van der Waals surface area contributed by atoms with Crippen LogP contribution in [0.25, 0.3) is 0 Å². The van der Waals surface area contributed by atoms with Gasteiger partial charge < -0.3 is 14.3 Å². The average molecular weight is 300 g/mol. The van der Waals surface area contributed by atoms with Crippen molar-refractivity contribution in [3.05, 3.63) is 58.4 Å². The van der Waals surface area contributed by atoms with E-state index in [9.17, 15) is 22.8 Å². The number of halogens is 3. The van der Waals surface area contributed by atoms with Gasteiger partial charge in [-0.2, -0.15) is 13.2 Å². The minimum absolute atomic E-state index is 0.0367. The molecule has 1 amide bonds. The number of alkyl halides is 3. The van der Waals surface area contributed by atoms with E-state index in [1.165, 1.54) is 24.5 Å². The summed E-state index contributed by atoms with van der Waals surface area (Å²) in [5.41, 5.74) is -0.481. The van der Waals surface area contributed by atoms with E-state index >= 15 is 0 Å². The second kappa shape index (κ2) is 5.86. The number of carbonyl (C=O) groups is 1. The van der Waals surface area contributed by atoms with Crippen LogP contribution in [0.3, 0.4) is 0 Å². The summed E-state index contributed by atoms with van der Waals surface area (Å²) in [6.45, 7) is -1.73. The maximum absolute atomic E-state index is 12.6. The molecule has 0 saturated heterocycles. The predicted molar refractivity (Wildman–Crippen MR) is 66.6 cm³/mol. The number of amides is 1. The molecule has 0 aliphatic rings. The number of rotatable bonds is 4. The van der Waals surface area contributed by atoms with Crippen LogP contribution >= 0.6 is 0 Å². The zero-order valence-electron chi connectivity index (χ0n) is 10.7. The van der Waals surface area contributed by atoms with Crippen LogP contribution in [-0.2, 0) is 6.54 Å². The topological polar surface area (TPSA) is 66.3 Å². The number of hydrogen-bond donors (Lipinski definition) is 1. The fraction of sp³-hybridized carbons (Fsp3) is 0.231. The summed E-state index contributed by atoms with van der Waals surface area (Å²) < 4.78 is 42.7. The monoisotopic (exact) mass is 300 g/mol. The molecule has 2 aromatic rings. The Morgan fingerprint density at radius 2 is 2.05 bits per heavy atom. The molecule has 8 heteroatoms. The van der Waals surface area contributed by atoms with E-state index in [-0.39, 0.29) is 17.9 Å². The van der Waals surface area contributed by atoms with Crippen LogP contribution < -0.4 is 5.56 Å². The van der Waals surface area contributed by atoms with Gasteiger partial charge >= 0.3 is 6.18 Å². The molecule has 2 aromatic heterocycles. The van der Waals surface area contributed by atoms with Gasteiger partial charge in [0.1, 0.15) is 12.3 Å². The number of nitrogens with zero attached hydrogens (tertiary/aromatic N) is 1. The van der Waals surface area contributed by atoms with Crippen molar-refractivity contribution in [1.29, 1.82) is 0 Å². The fourth-order valence-electron chi connectivity index (χ4n) is 1.73. The third kappa shape index (κ3) is 4.23. The molecule has 2 rings (SSSR count). The number of aromatic nitrogens is 1. The minimum Gasteiger partial charge on any atom is -0.467 e. The molecule has 0 atom stereocenters. The Morgan fingerprint density at radius 1 is 1.29 bits per heavy atom. The predicted octanol–water partition coefficient (Wildman–Crippen LogP) is 2.17. The van der Waals surface area contributed by atoms with Crippen LogP contribution in [0.5, 0.6) is 0 Å². The maximum Gasteiger partial charge on any atom is 0.406 e. The van der Waals surface area contributed by atoms with Crippen molar-refractivity contribution in [2.75, 3.05) is 6.54 Å². The second-order valence-electron chi connectivity index (χ2n) is 4.30. The zero-order valence-corrected chi connectivity index (χ0v) is 10.7. The van der Waals surface area contributed by atoms with Gasteiger partial charge in [0.2, 0.25) is 5.56 Å². The summed E-state index contributed by atoms with van der Waals surface area (Å²) in [7, 11) is 0. The third-order valence-corrected chi connectivity index (χ3v) is 2.62. The molecule has 112 valence electrons. The highest BCUT2D eigenvalue weighted by Crippen LogP contribution is 2.20. The van der Waals surface area contributed by atoms with Gasteiger partial charge in [-0.25, -0.2) is 0 Å². The van der Waals surface area contributed by atoms with E-state index in [1.54, 1.807) is 0 Å². The first-order valence-corrected chi connectivity index (χ1v) is 5.92.